The molecule has 0 bridgehead atoms. The zero-order chi connectivity index (χ0) is 11.6. The third-order valence-electron chi connectivity index (χ3n) is 2.48. The Morgan fingerprint density at radius 1 is 0.875 bits per heavy atom. The van der Waals surface area contributed by atoms with Crippen LogP contribution in [0.15, 0.2) is 11.1 Å². The van der Waals surface area contributed by atoms with E-state index in [0.717, 1.165) is 31.3 Å². The number of nitrogens with zero attached hydrogens (tertiary/aromatic N) is 2. The number of ether oxygens (including phenoxy) is 2. The largest absolute Gasteiger partial charge is 0.379 e. The average molecular weight is 220 g/mol. The average Bonchev–Trinajstić information content (AvgIpc) is 2.36. The van der Waals surface area contributed by atoms with Crippen LogP contribution in [-0.2, 0) is 9.47 Å². The standard InChI is InChI=1S/C12H16N2O2/c13-9-12(10-14)11-3-1-5-15-7-8-16-6-2-4-11/h1-8H2. The van der Waals surface area contributed by atoms with Crippen molar-refractivity contribution in [3.8, 4) is 12.1 Å². The molecule has 4 heteroatoms. The van der Waals surface area contributed by atoms with Crippen molar-refractivity contribution in [1.29, 1.82) is 10.5 Å². The summed E-state index contributed by atoms with van der Waals surface area (Å²) in [6.07, 6.45) is 3.28. The first-order valence-electron chi connectivity index (χ1n) is 5.56. The number of hydrogen-bond donors (Lipinski definition) is 0. The van der Waals surface area contributed by atoms with E-state index in [1.807, 2.05) is 12.1 Å². The minimum Gasteiger partial charge on any atom is -0.379 e. The molecule has 0 spiro atoms. The predicted molar refractivity (Wildman–Crippen MR) is 58.4 cm³/mol. The zero-order valence-corrected chi connectivity index (χ0v) is 9.37. The van der Waals surface area contributed by atoms with Gasteiger partial charge in [0.15, 0.2) is 0 Å². The van der Waals surface area contributed by atoms with Gasteiger partial charge in [-0.2, -0.15) is 10.5 Å². The van der Waals surface area contributed by atoms with Gasteiger partial charge in [0, 0.05) is 13.2 Å². The second-order valence-electron chi connectivity index (χ2n) is 3.63. The van der Waals surface area contributed by atoms with Crippen LogP contribution in [0.4, 0.5) is 0 Å². The summed E-state index contributed by atoms with van der Waals surface area (Å²) in [4.78, 5) is 0. The lowest BCUT2D eigenvalue weighted by atomic mass is 10.00. The van der Waals surface area contributed by atoms with Crippen molar-refractivity contribution in [2.45, 2.75) is 25.7 Å². The molecular weight excluding hydrogens is 204 g/mol. The van der Waals surface area contributed by atoms with Crippen LogP contribution in [0.25, 0.3) is 0 Å². The van der Waals surface area contributed by atoms with E-state index >= 15 is 0 Å². The molecule has 1 aliphatic heterocycles. The third-order valence-corrected chi connectivity index (χ3v) is 2.48. The highest BCUT2D eigenvalue weighted by Crippen LogP contribution is 2.17. The highest BCUT2D eigenvalue weighted by molar-refractivity contribution is 5.40. The first-order valence-corrected chi connectivity index (χ1v) is 5.56. The Hall–Kier alpha value is -1.36. The minimum absolute atomic E-state index is 0.263. The molecule has 1 saturated heterocycles. The molecular formula is C12H16N2O2. The van der Waals surface area contributed by atoms with Gasteiger partial charge in [0.05, 0.1) is 13.2 Å². The molecule has 0 aromatic rings. The van der Waals surface area contributed by atoms with E-state index in [1.165, 1.54) is 0 Å². The molecule has 0 amide bonds. The van der Waals surface area contributed by atoms with Gasteiger partial charge in [-0.1, -0.05) is 0 Å². The molecule has 1 aliphatic rings. The van der Waals surface area contributed by atoms with Crippen molar-refractivity contribution in [3.63, 3.8) is 0 Å². The van der Waals surface area contributed by atoms with Crippen LogP contribution >= 0.6 is 0 Å². The summed E-state index contributed by atoms with van der Waals surface area (Å²) in [5.41, 5.74) is 1.21. The molecule has 0 aromatic heterocycles. The molecule has 16 heavy (non-hydrogen) atoms. The molecule has 1 heterocycles. The maximum atomic E-state index is 8.83. The second kappa shape index (κ2) is 7.87. The lowest BCUT2D eigenvalue weighted by Crippen LogP contribution is -2.04. The Morgan fingerprint density at radius 3 is 1.81 bits per heavy atom. The zero-order valence-electron chi connectivity index (χ0n) is 9.37. The van der Waals surface area contributed by atoms with E-state index in [9.17, 15) is 0 Å². The van der Waals surface area contributed by atoms with Crippen LogP contribution < -0.4 is 0 Å². The maximum absolute atomic E-state index is 8.83. The highest BCUT2D eigenvalue weighted by Gasteiger charge is 2.07. The van der Waals surface area contributed by atoms with Gasteiger partial charge in [-0.25, -0.2) is 0 Å². The molecule has 0 saturated carbocycles. The number of rotatable bonds is 0. The van der Waals surface area contributed by atoms with E-state index < -0.39 is 0 Å². The SMILES string of the molecule is N#CC(C#N)=C1CCCOCCOCCC1. The molecule has 0 N–H and O–H groups in total. The van der Waals surface area contributed by atoms with E-state index in [-0.39, 0.29) is 5.57 Å². The summed E-state index contributed by atoms with van der Waals surface area (Å²) in [6.45, 7) is 2.58. The van der Waals surface area contributed by atoms with E-state index in [1.54, 1.807) is 0 Å². The molecule has 4 nitrogen and oxygen atoms in total. The predicted octanol–water partition coefficient (Wildman–Crippen LogP) is 1.94. The van der Waals surface area contributed by atoms with E-state index in [0.29, 0.717) is 26.4 Å². The monoisotopic (exact) mass is 220 g/mol. The van der Waals surface area contributed by atoms with Gasteiger partial charge in [-0.15, -0.1) is 0 Å². The van der Waals surface area contributed by atoms with Crippen molar-refractivity contribution in [3.05, 3.63) is 11.1 Å². The van der Waals surface area contributed by atoms with Crippen LogP contribution in [0.5, 0.6) is 0 Å². The van der Waals surface area contributed by atoms with Gasteiger partial charge >= 0.3 is 0 Å². The third kappa shape index (κ3) is 4.44. The van der Waals surface area contributed by atoms with Gasteiger partial charge in [-0.3, -0.25) is 0 Å². The van der Waals surface area contributed by atoms with Gasteiger partial charge in [-0.05, 0) is 31.3 Å². The summed E-state index contributed by atoms with van der Waals surface area (Å²) < 4.78 is 10.7. The van der Waals surface area contributed by atoms with Crippen molar-refractivity contribution >= 4 is 0 Å². The molecule has 1 fully saturated rings. The summed E-state index contributed by atoms with van der Waals surface area (Å²) in [5, 5.41) is 17.7. The lowest BCUT2D eigenvalue weighted by Gasteiger charge is -2.05. The van der Waals surface area contributed by atoms with Crippen molar-refractivity contribution < 1.29 is 9.47 Å². The normalized spacial score (nSPS) is 19.0. The van der Waals surface area contributed by atoms with E-state index in [4.69, 9.17) is 20.0 Å². The summed E-state index contributed by atoms with van der Waals surface area (Å²) >= 11 is 0. The Labute approximate surface area is 96.1 Å². The van der Waals surface area contributed by atoms with Crippen molar-refractivity contribution in [2.24, 2.45) is 0 Å². The van der Waals surface area contributed by atoms with Crippen LogP contribution in [-0.4, -0.2) is 26.4 Å². The van der Waals surface area contributed by atoms with Gasteiger partial charge < -0.3 is 9.47 Å². The van der Waals surface area contributed by atoms with Crippen LogP contribution in [0.1, 0.15) is 25.7 Å². The Morgan fingerprint density at radius 2 is 1.38 bits per heavy atom. The Bertz CT molecular complexity index is 293. The quantitative estimate of drug-likeness (QED) is 0.585. The smallest absolute Gasteiger partial charge is 0.128 e. The molecule has 0 atom stereocenters. The fraction of sp³-hybridized carbons (Fsp3) is 0.667. The summed E-state index contributed by atoms with van der Waals surface area (Å²) in [6, 6.07) is 3.92. The molecule has 86 valence electrons. The summed E-state index contributed by atoms with van der Waals surface area (Å²) in [7, 11) is 0. The summed E-state index contributed by atoms with van der Waals surface area (Å²) in [5.74, 6) is 0. The molecule has 0 aliphatic carbocycles. The molecule has 0 radical (unpaired) electrons. The first-order chi connectivity index (χ1) is 7.88. The fourth-order valence-corrected chi connectivity index (χ4v) is 1.66. The fourth-order valence-electron chi connectivity index (χ4n) is 1.66. The second-order valence-corrected chi connectivity index (χ2v) is 3.63. The van der Waals surface area contributed by atoms with Gasteiger partial charge in [0.2, 0.25) is 0 Å². The minimum atomic E-state index is 0.263. The highest BCUT2D eigenvalue weighted by atomic mass is 16.5. The Kier molecular flexibility index (Phi) is 6.25. The number of allylic oxidation sites excluding steroid dienone is 2. The van der Waals surface area contributed by atoms with Crippen molar-refractivity contribution in [1.82, 2.24) is 0 Å². The van der Waals surface area contributed by atoms with Crippen LogP contribution in [0.2, 0.25) is 0 Å². The number of hydrogen-bond acceptors (Lipinski definition) is 4. The first kappa shape index (κ1) is 12.7. The number of nitriles is 2. The van der Waals surface area contributed by atoms with Crippen LogP contribution in [0.3, 0.4) is 0 Å². The molecule has 0 aromatic carbocycles. The topological polar surface area (TPSA) is 66.0 Å². The Balaban J connectivity index is 2.63. The lowest BCUT2D eigenvalue weighted by molar-refractivity contribution is 0.0483. The van der Waals surface area contributed by atoms with Crippen molar-refractivity contribution in [2.75, 3.05) is 26.4 Å². The molecule has 0 unspecified atom stereocenters. The maximum Gasteiger partial charge on any atom is 0.128 e. The van der Waals surface area contributed by atoms with Gasteiger partial charge in [0.1, 0.15) is 17.7 Å². The molecule has 1 rings (SSSR count). The van der Waals surface area contributed by atoms with Crippen LogP contribution in [0, 0.1) is 22.7 Å². The van der Waals surface area contributed by atoms with E-state index in [2.05, 4.69) is 0 Å². The van der Waals surface area contributed by atoms with Gasteiger partial charge in [0.25, 0.3) is 0 Å².